The highest BCUT2D eigenvalue weighted by Crippen LogP contribution is 2.21. The number of rotatable bonds is 1. The van der Waals surface area contributed by atoms with E-state index in [1.54, 1.807) is 13.0 Å². The molecule has 0 aromatic heterocycles. The van der Waals surface area contributed by atoms with Crippen molar-refractivity contribution >= 4 is 11.8 Å². The molecule has 56 valence electrons. The van der Waals surface area contributed by atoms with Gasteiger partial charge in [0.05, 0.1) is 5.69 Å². The number of hydrogen-bond donors (Lipinski definition) is 1. The summed E-state index contributed by atoms with van der Waals surface area (Å²) in [6.07, 6.45) is 1.44. The predicted molar refractivity (Wildman–Crippen MR) is 40.6 cm³/mol. The predicted octanol–water partition coefficient (Wildman–Crippen LogP) is 1.67. The Morgan fingerprint density at radius 3 is 2.82 bits per heavy atom. The van der Waals surface area contributed by atoms with E-state index in [4.69, 9.17) is 5.11 Å². The topological polar surface area (TPSA) is 49.7 Å². The average Bonchev–Trinajstić information content (AvgIpc) is 1.95. The van der Waals surface area contributed by atoms with Crippen molar-refractivity contribution < 1.29 is 9.90 Å². The van der Waals surface area contributed by atoms with Crippen LogP contribution in [0.2, 0.25) is 0 Å². The van der Waals surface area contributed by atoms with Gasteiger partial charge in [-0.15, -0.1) is 0 Å². The minimum atomic E-state index is 0.173. The van der Waals surface area contributed by atoms with E-state index in [1.165, 1.54) is 18.2 Å². The van der Waals surface area contributed by atoms with Crippen LogP contribution in [0.1, 0.15) is 5.56 Å². The maximum absolute atomic E-state index is 9.86. The fourth-order valence-corrected chi connectivity index (χ4v) is 0.814. The first-order chi connectivity index (χ1) is 5.24. The van der Waals surface area contributed by atoms with Crippen molar-refractivity contribution in [3.63, 3.8) is 0 Å². The number of aryl methyl sites for hydroxylation is 1. The third-order valence-corrected chi connectivity index (χ3v) is 1.35. The van der Waals surface area contributed by atoms with Crippen LogP contribution in [0, 0.1) is 6.92 Å². The molecule has 3 nitrogen and oxygen atoms in total. The number of carbonyl (C=O) groups excluding carboxylic acids is 1. The average molecular weight is 149 g/mol. The van der Waals surface area contributed by atoms with E-state index in [0.717, 1.165) is 5.56 Å². The quantitative estimate of drug-likeness (QED) is 0.487. The molecule has 0 aliphatic heterocycles. The lowest BCUT2D eigenvalue weighted by molar-refractivity contribution is 0.475. The summed E-state index contributed by atoms with van der Waals surface area (Å²) in [6.45, 7) is 1.76. The van der Waals surface area contributed by atoms with Crippen molar-refractivity contribution in [2.24, 2.45) is 4.99 Å². The molecule has 0 heterocycles. The number of hydrogen-bond acceptors (Lipinski definition) is 3. The Labute approximate surface area is 64.0 Å². The maximum Gasteiger partial charge on any atom is 0.240 e. The van der Waals surface area contributed by atoms with Gasteiger partial charge in [-0.1, -0.05) is 0 Å². The van der Waals surface area contributed by atoms with Crippen molar-refractivity contribution in [3.8, 4) is 5.75 Å². The van der Waals surface area contributed by atoms with Crippen molar-refractivity contribution in [1.82, 2.24) is 0 Å². The van der Waals surface area contributed by atoms with Gasteiger partial charge in [-0.3, -0.25) is 0 Å². The second kappa shape index (κ2) is 2.99. The maximum atomic E-state index is 9.86. The third kappa shape index (κ3) is 1.66. The summed E-state index contributed by atoms with van der Waals surface area (Å²) in [5, 5.41) is 8.97. The molecule has 3 heteroatoms. The molecular formula is C8H7NO2. The van der Waals surface area contributed by atoms with Gasteiger partial charge in [-0.25, -0.2) is 4.79 Å². The van der Waals surface area contributed by atoms with E-state index in [9.17, 15) is 4.79 Å². The zero-order chi connectivity index (χ0) is 8.27. The van der Waals surface area contributed by atoms with Crippen molar-refractivity contribution in [3.05, 3.63) is 23.8 Å². The standard InChI is InChI=1S/C8H7NO2/c1-6-4-7(11)2-3-8(6)9-5-10/h2-4,11H,1H3. The molecule has 1 aromatic rings. The van der Waals surface area contributed by atoms with Crippen molar-refractivity contribution in [2.45, 2.75) is 6.92 Å². The van der Waals surface area contributed by atoms with Gasteiger partial charge >= 0.3 is 0 Å². The van der Waals surface area contributed by atoms with E-state index in [-0.39, 0.29) is 5.75 Å². The third-order valence-electron chi connectivity index (χ3n) is 1.35. The minimum absolute atomic E-state index is 0.173. The zero-order valence-electron chi connectivity index (χ0n) is 6.03. The van der Waals surface area contributed by atoms with Crippen LogP contribution >= 0.6 is 0 Å². The molecule has 0 radical (unpaired) electrons. The van der Waals surface area contributed by atoms with Crippen LogP contribution < -0.4 is 0 Å². The molecule has 0 aliphatic carbocycles. The summed E-state index contributed by atoms with van der Waals surface area (Å²) in [7, 11) is 0. The lowest BCUT2D eigenvalue weighted by atomic mass is 10.2. The normalized spacial score (nSPS) is 8.82. The Morgan fingerprint density at radius 1 is 1.55 bits per heavy atom. The van der Waals surface area contributed by atoms with Crippen LogP contribution in [-0.2, 0) is 4.79 Å². The van der Waals surface area contributed by atoms with E-state index in [1.807, 2.05) is 0 Å². The van der Waals surface area contributed by atoms with Gasteiger partial charge in [-0.05, 0) is 30.7 Å². The Balaban J connectivity index is 3.19. The Morgan fingerprint density at radius 2 is 2.27 bits per heavy atom. The monoisotopic (exact) mass is 149 g/mol. The Bertz CT molecular complexity index is 314. The summed E-state index contributed by atoms with van der Waals surface area (Å²) in [5.41, 5.74) is 1.30. The van der Waals surface area contributed by atoms with Crippen LogP contribution in [0.25, 0.3) is 0 Å². The summed E-state index contributed by atoms with van der Waals surface area (Å²) in [4.78, 5) is 13.3. The molecule has 0 bridgehead atoms. The molecule has 0 atom stereocenters. The van der Waals surface area contributed by atoms with E-state index >= 15 is 0 Å². The molecule has 11 heavy (non-hydrogen) atoms. The molecule has 0 fully saturated rings. The van der Waals surface area contributed by atoms with Crippen LogP contribution in [-0.4, -0.2) is 11.2 Å². The number of aliphatic imine (C=N–C) groups is 1. The van der Waals surface area contributed by atoms with Gasteiger partial charge in [0.1, 0.15) is 5.75 Å². The molecule has 0 saturated heterocycles. The van der Waals surface area contributed by atoms with E-state index in [2.05, 4.69) is 4.99 Å². The van der Waals surface area contributed by atoms with Gasteiger partial charge in [0.15, 0.2) is 0 Å². The minimum Gasteiger partial charge on any atom is -0.508 e. The summed E-state index contributed by atoms with van der Waals surface area (Å²) in [6, 6.07) is 4.58. The van der Waals surface area contributed by atoms with Crippen LogP contribution in [0.4, 0.5) is 5.69 Å². The van der Waals surface area contributed by atoms with Crippen molar-refractivity contribution in [1.29, 1.82) is 0 Å². The van der Waals surface area contributed by atoms with E-state index < -0.39 is 0 Å². The van der Waals surface area contributed by atoms with Crippen LogP contribution in [0.15, 0.2) is 23.2 Å². The van der Waals surface area contributed by atoms with Crippen LogP contribution in [0.5, 0.6) is 5.75 Å². The van der Waals surface area contributed by atoms with Gasteiger partial charge in [0, 0.05) is 0 Å². The number of isocyanates is 1. The summed E-state index contributed by atoms with van der Waals surface area (Å²) < 4.78 is 0. The number of nitrogens with zero attached hydrogens (tertiary/aromatic N) is 1. The number of phenols is 1. The molecule has 1 rings (SSSR count). The summed E-state index contributed by atoms with van der Waals surface area (Å²) >= 11 is 0. The van der Waals surface area contributed by atoms with E-state index in [0.29, 0.717) is 5.69 Å². The molecule has 0 saturated carbocycles. The smallest absolute Gasteiger partial charge is 0.240 e. The first-order valence-corrected chi connectivity index (χ1v) is 3.11. The molecule has 0 spiro atoms. The molecule has 1 N–H and O–H groups in total. The number of benzene rings is 1. The fourth-order valence-electron chi connectivity index (χ4n) is 0.814. The first kappa shape index (κ1) is 7.51. The highest BCUT2D eigenvalue weighted by atomic mass is 16.3. The Kier molecular flexibility index (Phi) is 2.04. The van der Waals surface area contributed by atoms with Crippen LogP contribution in [0.3, 0.4) is 0 Å². The molecular weight excluding hydrogens is 142 g/mol. The van der Waals surface area contributed by atoms with Gasteiger partial charge in [0.25, 0.3) is 0 Å². The highest BCUT2D eigenvalue weighted by molar-refractivity contribution is 5.54. The molecule has 0 amide bonds. The first-order valence-electron chi connectivity index (χ1n) is 3.11. The number of phenolic OH excluding ortho intramolecular Hbond substituents is 1. The number of aromatic hydroxyl groups is 1. The molecule has 0 aliphatic rings. The fraction of sp³-hybridized carbons (Fsp3) is 0.125. The molecule has 0 unspecified atom stereocenters. The van der Waals surface area contributed by atoms with Gasteiger partial charge < -0.3 is 5.11 Å². The second-order valence-electron chi connectivity index (χ2n) is 2.17. The largest absolute Gasteiger partial charge is 0.508 e. The lowest BCUT2D eigenvalue weighted by Gasteiger charge is -1.96. The molecule has 1 aromatic carbocycles. The van der Waals surface area contributed by atoms with Gasteiger partial charge in [-0.2, -0.15) is 4.99 Å². The SMILES string of the molecule is Cc1cc(O)ccc1N=C=O. The van der Waals surface area contributed by atoms with Gasteiger partial charge in [0.2, 0.25) is 6.08 Å². The zero-order valence-corrected chi connectivity index (χ0v) is 6.03. The highest BCUT2D eigenvalue weighted by Gasteiger charge is 1.95. The second-order valence-corrected chi connectivity index (χ2v) is 2.17. The Hall–Kier alpha value is -1.60. The lowest BCUT2D eigenvalue weighted by Crippen LogP contribution is -1.72. The van der Waals surface area contributed by atoms with Crippen molar-refractivity contribution in [2.75, 3.05) is 0 Å². The summed E-state index contributed by atoms with van der Waals surface area (Å²) in [5.74, 6) is 0.173.